The van der Waals surface area contributed by atoms with Gasteiger partial charge in [0.25, 0.3) is 5.09 Å². The molecule has 7 nitrogen and oxygen atoms in total. The predicted molar refractivity (Wildman–Crippen MR) is 41.3 cm³/mol. The van der Waals surface area contributed by atoms with Crippen molar-refractivity contribution < 1.29 is 19.5 Å². The van der Waals surface area contributed by atoms with Crippen molar-refractivity contribution in [3.05, 3.63) is 10.1 Å². The Morgan fingerprint density at radius 1 is 1.54 bits per heavy atom. The van der Waals surface area contributed by atoms with Crippen LogP contribution in [-0.2, 0) is 14.4 Å². The highest BCUT2D eigenvalue weighted by Crippen LogP contribution is 1.81. The fourth-order valence-corrected chi connectivity index (χ4v) is 0.599. The Hall–Kier alpha value is -1.66. The minimum atomic E-state index is -0.947. The van der Waals surface area contributed by atoms with Crippen molar-refractivity contribution in [2.24, 2.45) is 0 Å². The Morgan fingerprint density at radius 3 is 2.62 bits per heavy atom. The first kappa shape index (κ1) is 11.3. The largest absolute Gasteiger partial charge is 0.354 e. The van der Waals surface area contributed by atoms with E-state index in [0.29, 0.717) is 0 Å². The van der Waals surface area contributed by atoms with Crippen molar-refractivity contribution in [2.45, 2.75) is 13.3 Å². The van der Waals surface area contributed by atoms with Gasteiger partial charge in [0.2, 0.25) is 5.91 Å². The molecule has 0 atom stereocenters. The minimum absolute atomic E-state index is 0.0209. The number of hydrogen-bond donors (Lipinski definition) is 1. The number of nitrogens with zero attached hydrogens (tertiary/aromatic N) is 1. The van der Waals surface area contributed by atoms with Crippen molar-refractivity contribution in [3.8, 4) is 0 Å². The molecule has 0 aliphatic heterocycles. The van der Waals surface area contributed by atoms with Crippen molar-refractivity contribution in [1.29, 1.82) is 0 Å². The molecule has 7 heteroatoms. The molecule has 0 saturated heterocycles. The summed E-state index contributed by atoms with van der Waals surface area (Å²) in [7, 11) is 0. The molecule has 0 aromatic rings. The lowest BCUT2D eigenvalue weighted by Crippen LogP contribution is -2.29. The third-order valence-electron chi connectivity index (χ3n) is 1.03. The molecule has 0 aromatic carbocycles. The summed E-state index contributed by atoms with van der Waals surface area (Å²) in [5.41, 5.74) is 0. The second kappa shape index (κ2) is 5.92. The molecule has 0 fully saturated rings. The van der Waals surface area contributed by atoms with Crippen LogP contribution in [-0.4, -0.2) is 29.9 Å². The maximum absolute atomic E-state index is 10.7. The van der Waals surface area contributed by atoms with Crippen molar-refractivity contribution in [2.75, 3.05) is 13.2 Å². The summed E-state index contributed by atoms with van der Waals surface area (Å²) in [6.45, 7) is 1.09. The maximum Gasteiger partial charge on any atom is 0.294 e. The van der Waals surface area contributed by atoms with E-state index in [1.807, 2.05) is 0 Å². The molecule has 0 unspecified atom stereocenters. The average molecular weight is 190 g/mol. The van der Waals surface area contributed by atoms with Gasteiger partial charge < -0.3 is 10.2 Å². The summed E-state index contributed by atoms with van der Waals surface area (Å²) < 4.78 is 0. The van der Waals surface area contributed by atoms with Crippen LogP contribution in [0.3, 0.4) is 0 Å². The van der Waals surface area contributed by atoms with Gasteiger partial charge in [-0.25, -0.2) is 0 Å². The van der Waals surface area contributed by atoms with E-state index in [9.17, 15) is 19.7 Å². The molecule has 1 N–H and O–H groups in total. The number of carbonyl (C=O) groups excluding carboxylic acids is 2. The smallest absolute Gasteiger partial charge is 0.294 e. The summed E-state index contributed by atoms with van der Waals surface area (Å²) in [6, 6.07) is 0. The first-order valence-corrected chi connectivity index (χ1v) is 3.56. The molecule has 0 aliphatic rings. The number of hydrogen-bond acceptors (Lipinski definition) is 5. The van der Waals surface area contributed by atoms with Gasteiger partial charge in [-0.15, -0.1) is 10.1 Å². The summed E-state index contributed by atoms with van der Waals surface area (Å²) in [4.78, 5) is 34.7. The number of amides is 1. The third kappa shape index (κ3) is 8.24. The molecule has 0 rings (SSSR count). The van der Waals surface area contributed by atoms with E-state index in [4.69, 9.17) is 0 Å². The zero-order valence-electron chi connectivity index (χ0n) is 7.11. The number of carbonyl (C=O) groups is 2. The standard InChI is InChI=1S/C6H10N2O5/c1-5(9)4-6(10)7-2-3-13-8(11)12/h2-4H2,1H3,(H,7,10). The molecule has 74 valence electrons. The van der Waals surface area contributed by atoms with Gasteiger partial charge in [0.05, 0.1) is 6.42 Å². The Morgan fingerprint density at radius 2 is 2.15 bits per heavy atom. The summed E-state index contributed by atoms with van der Waals surface area (Å²) >= 11 is 0. The van der Waals surface area contributed by atoms with Crippen LogP contribution in [0.15, 0.2) is 0 Å². The Kier molecular flexibility index (Phi) is 5.17. The van der Waals surface area contributed by atoms with Crippen molar-refractivity contribution in [3.63, 3.8) is 0 Å². The summed E-state index contributed by atoms with van der Waals surface area (Å²) in [6.07, 6.45) is -0.210. The van der Waals surface area contributed by atoms with E-state index >= 15 is 0 Å². The fourth-order valence-electron chi connectivity index (χ4n) is 0.599. The number of nitrogens with one attached hydrogen (secondary N) is 1. The average Bonchev–Trinajstić information content (AvgIpc) is 1.96. The molecule has 0 saturated carbocycles. The van der Waals surface area contributed by atoms with Crippen LogP contribution >= 0.6 is 0 Å². The quantitative estimate of drug-likeness (QED) is 0.258. The highest BCUT2D eigenvalue weighted by atomic mass is 16.9. The SMILES string of the molecule is CC(=O)CC(=O)NCCO[N+](=O)[O-]. The molecule has 13 heavy (non-hydrogen) atoms. The molecular formula is C6H10N2O5. The van der Waals surface area contributed by atoms with Crippen molar-refractivity contribution in [1.82, 2.24) is 5.32 Å². The van der Waals surface area contributed by atoms with Gasteiger partial charge in [-0.3, -0.25) is 9.59 Å². The first-order valence-electron chi connectivity index (χ1n) is 3.56. The van der Waals surface area contributed by atoms with Crippen molar-refractivity contribution >= 4 is 11.7 Å². The van der Waals surface area contributed by atoms with Gasteiger partial charge in [0.15, 0.2) is 0 Å². The topological polar surface area (TPSA) is 98.5 Å². The van der Waals surface area contributed by atoms with E-state index < -0.39 is 11.0 Å². The molecule has 0 radical (unpaired) electrons. The van der Waals surface area contributed by atoms with Crippen LogP contribution in [0.25, 0.3) is 0 Å². The zero-order chi connectivity index (χ0) is 10.3. The summed E-state index contributed by atoms with van der Waals surface area (Å²) in [5, 5.41) is 11.0. The number of rotatable bonds is 6. The monoisotopic (exact) mass is 190 g/mol. The van der Waals surface area contributed by atoms with Crippen LogP contribution in [0.4, 0.5) is 0 Å². The maximum atomic E-state index is 10.7. The van der Waals surface area contributed by atoms with Gasteiger partial charge in [-0.1, -0.05) is 0 Å². The van der Waals surface area contributed by atoms with Crippen LogP contribution in [0.5, 0.6) is 0 Å². The van der Waals surface area contributed by atoms with Gasteiger partial charge in [0.1, 0.15) is 12.4 Å². The third-order valence-corrected chi connectivity index (χ3v) is 1.03. The number of Topliss-reactive ketones (excluding diaryl/α,β-unsaturated/α-hetero) is 1. The second-order valence-electron chi connectivity index (χ2n) is 2.29. The zero-order valence-corrected chi connectivity index (χ0v) is 7.11. The molecule has 0 aromatic heterocycles. The molecule has 0 bridgehead atoms. The lowest BCUT2D eigenvalue weighted by atomic mass is 10.3. The van der Waals surface area contributed by atoms with Crippen LogP contribution in [0, 0.1) is 10.1 Å². The predicted octanol–water partition coefficient (Wildman–Crippen LogP) is -0.710. The lowest BCUT2D eigenvalue weighted by Gasteiger charge is -2.01. The molecule has 0 heterocycles. The first-order chi connectivity index (χ1) is 6.02. The Balaban J connectivity index is 3.37. The normalized spacial score (nSPS) is 9.00. The van der Waals surface area contributed by atoms with E-state index in [0.717, 1.165) is 0 Å². The Bertz CT molecular complexity index is 215. The highest BCUT2D eigenvalue weighted by Gasteiger charge is 2.03. The highest BCUT2D eigenvalue weighted by molar-refractivity contribution is 5.96. The van der Waals surface area contributed by atoms with Gasteiger partial charge in [0, 0.05) is 6.54 Å². The van der Waals surface area contributed by atoms with Gasteiger partial charge >= 0.3 is 0 Å². The summed E-state index contributed by atoms with van der Waals surface area (Å²) in [5.74, 6) is -0.716. The minimum Gasteiger partial charge on any atom is -0.354 e. The Labute approximate surface area is 74.2 Å². The van der Waals surface area contributed by atoms with E-state index in [1.54, 1.807) is 0 Å². The van der Waals surface area contributed by atoms with Gasteiger partial charge in [-0.05, 0) is 6.92 Å². The van der Waals surface area contributed by atoms with E-state index in [2.05, 4.69) is 10.2 Å². The molecule has 0 aliphatic carbocycles. The molecule has 1 amide bonds. The van der Waals surface area contributed by atoms with Crippen LogP contribution in [0.2, 0.25) is 0 Å². The van der Waals surface area contributed by atoms with E-state index in [-0.39, 0.29) is 25.4 Å². The lowest BCUT2D eigenvalue weighted by molar-refractivity contribution is -0.757. The van der Waals surface area contributed by atoms with Crippen LogP contribution < -0.4 is 5.32 Å². The van der Waals surface area contributed by atoms with Crippen LogP contribution in [0.1, 0.15) is 13.3 Å². The number of ketones is 1. The fraction of sp³-hybridized carbons (Fsp3) is 0.667. The van der Waals surface area contributed by atoms with E-state index in [1.165, 1.54) is 6.92 Å². The molecular weight excluding hydrogens is 180 g/mol. The second-order valence-corrected chi connectivity index (χ2v) is 2.29. The van der Waals surface area contributed by atoms with Gasteiger partial charge in [-0.2, -0.15) is 0 Å². The molecule has 0 spiro atoms.